The SMILES string of the molecule is Cc1cc(CN2C(=O)NC3(CCCCC3)C2=O)on1. The highest BCUT2D eigenvalue weighted by molar-refractivity contribution is 6.06. The molecule has 1 spiro atoms. The van der Waals surface area contributed by atoms with Crippen LogP contribution in [0.25, 0.3) is 0 Å². The van der Waals surface area contributed by atoms with Crippen LogP contribution in [-0.2, 0) is 11.3 Å². The van der Waals surface area contributed by atoms with Gasteiger partial charge in [0, 0.05) is 6.07 Å². The lowest BCUT2D eigenvalue weighted by molar-refractivity contribution is -0.133. The number of amides is 3. The predicted molar refractivity (Wildman–Crippen MR) is 66.1 cm³/mol. The Labute approximate surface area is 111 Å². The van der Waals surface area contributed by atoms with E-state index in [1.807, 2.05) is 6.92 Å². The fourth-order valence-electron chi connectivity index (χ4n) is 2.96. The molecule has 3 rings (SSSR count). The van der Waals surface area contributed by atoms with Crippen LogP contribution >= 0.6 is 0 Å². The number of carbonyl (C=O) groups is 2. The van der Waals surface area contributed by atoms with Crippen molar-refractivity contribution in [3.05, 3.63) is 17.5 Å². The Morgan fingerprint density at radius 2 is 2.11 bits per heavy atom. The maximum atomic E-state index is 12.5. The van der Waals surface area contributed by atoms with Crippen molar-refractivity contribution in [2.24, 2.45) is 0 Å². The van der Waals surface area contributed by atoms with Gasteiger partial charge in [-0.05, 0) is 19.8 Å². The van der Waals surface area contributed by atoms with Gasteiger partial charge in [0.2, 0.25) is 0 Å². The van der Waals surface area contributed by atoms with Gasteiger partial charge in [0.1, 0.15) is 5.54 Å². The smallest absolute Gasteiger partial charge is 0.325 e. The molecule has 1 aliphatic heterocycles. The van der Waals surface area contributed by atoms with Crippen molar-refractivity contribution in [2.75, 3.05) is 0 Å². The van der Waals surface area contributed by atoms with Gasteiger partial charge in [0.05, 0.1) is 12.2 Å². The van der Waals surface area contributed by atoms with Gasteiger partial charge in [0.15, 0.2) is 5.76 Å². The summed E-state index contributed by atoms with van der Waals surface area (Å²) in [5.41, 5.74) is 0.0825. The van der Waals surface area contributed by atoms with E-state index in [2.05, 4.69) is 10.5 Å². The Morgan fingerprint density at radius 1 is 1.37 bits per heavy atom. The van der Waals surface area contributed by atoms with Crippen LogP contribution < -0.4 is 5.32 Å². The first kappa shape index (κ1) is 12.2. The first-order valence-electron chi connectivity index (χ1n) is 6.67. The summed E-state index contributed by atoms with van der Waals surface area (Å²) in [4.78, 5) is 25.7. The van der Waals surface area contributed by atoms with Gasteiger partial charge >= 0.3 is 6.03 Å². The summed E-state index contributed by atoms with van der Waals surface area (Å²) in [6.07, 6.45) is 4.59. The second kappa shape index (κ2) is 4.36. The molecule has 1 saturated heterocycles. The van der Waals surface area contributed by atoms with Gasteiger partial charge in [-0.3, -0.25) is 9.69 Å². The van der Waals surface area contributed by atoms with Crippen LogP contribution in [0.2, 0.25) is 0 Å². The van der Waals surface area contributed by atoms with Crippen LogP contribution in [0.15, 0.2) is 10.6 Å². The van der Waals surface area contributed by atoms with E-state index in [9.17, 15) is 9.59 Å². The van der Waals surface area contributed by atoms with E-state index in [0.29, 0.717) is 5.76 Å². The number of urea groups is 1. The van der Waals surface area contributed by atoms with Gasteiger partial charge in [-0.25, -0.2) is 4.79 Å². The molecule has 2 aliphatic rings. The highest BCUT2D eigenvalue weighted by atomic mass is 16.5. The maximum Gasteiger partial charge on any atom is 0.325 e. The Hall–Kier alpha value is -1.85. The molecular weight excluding hydrogens is 246 g/mol. The topological polar surface area (TPSA) is 75.4 Å². The van der Waals surface area contributed by atoms with Crippen molar-refractivity contribution in [1.82, 2.24) is 15.4 Å². The fourth-order valence-corrected chi connectivity index (χ4v) is 2.96. The zero-order valence-electron chi connectivity index (χ0n) is 10.9. The van der Waals surface area contributed by atoms with Crippen molar-refractivity contribution >= 4 is 11.9 Å². The summed E-state index contributed by atoms with van der Waals surface area (Å²) in [6.45, 7) is 1.97. The number of hydrogen-bond acceptors (Lipinski definition) is 4. The molecule has 0 atom stereocenters. The summed E-state index contributed by atoms with van der Waals surface area (Å²) >= 11 is 0. The van der Waals surface area contributed by atoms with E-state index in [-0.39, 0.29) is 18.5 Å². The zero-order chi connectivity index (χ0) is 13.5. The molecule has 6 nitrogen and oxygen atoms in total. The van der Waals surface area contributed by atoms with Crippen LogP contribution in [0, 0.1) is 6.92 Å². The van der Waals surface area contributed by atoms with Gasteiger partial charge in [-0.1, -0.05) is 24.4 Å². The van der Waals surface area contributed by atoms with Crippen LogP contribution in [0.5, 0.6) is 0 Å². The molecule has 3 amide bonds. The third-order valence-corrected chi connectivity index (χ3v) is 3.94. The third-order valence-electron chi connectivity index (χ3n) is 3.94. The van der Waals surface area contributed by atoms with Gasteiger partial charge in [-0.2, -0.15) is 0 Å². The maximum absolute atomic E-state index is 12.5. The average Bonchev–Trinajstić information content (AvgIpc) is 2.89. The number of nitrogens with zero attached hydrogens (tertiary/aromatic N) is 2. The third kappa shape index (κ3) is 2.01. The summed E-state index contributed by atoms with van der Waals surface area (Å²) < 4.78 is 5.07. The molecule has 1 saturated carbocycles. The molecule has 0 radical (unpaired) electrons. The molecule has 102 valence electrons. The Morgan fingerprint density at radius 3 is 2.74 bits per heavy atom. The van der Waals surface area contributed by atoms with Crippen molar-refractivity contribution in [1.29, 1.82) is 0 Å². The van der Waals surface area contributed by atoms with E-state index < -0.39 is 5.54 Å². The molecule has 19 heavy (non-hydrogen) atoms. The highest BCUT2D eigenvalue weighted by Gasteiger charge is 2.51. The van der Waals surface area contributed by atoms with E-state index in [1.54, 1.807) is 6.07 Å². The normalized spacial score (nSPS) is 22.1. The number of imide groups is 1. The lowest BCUT2D eigenvalue weighted by Crippen LogP contribution is -2.48. The van der Waals surface area contributed by atoms with Crippen LogP contribution in [0.4, 0.5) is 4.79 Å². The summed E-state index contributed by atoms with van der Waals surface area (Å²) in [6, 6.07) is 1.42. The molecule has 1 aromatic heterocycles. The highest BCUT2D eigenvalue weighted by Crippen LogP contribution is 2.34. The standard InChI is InChI=1S/C13H17N3O3/c1-9-7-10(19-15-9)8-16-11(17)13(14-12(16)18)5-3-2-4-6-13/h7H,2-6,8H2,1H3,(H,14,18). The molecule has 0 bridgehead atoms. The molecule has 0 unspecified atom stereocenters. The van der Waals surface area contributed by atoms with Crippen molar-refractivity contribution in [3.63, 3.8) is 0 Å². The van der Waals surface area contributed by atoms with Crippen molar-refractivity contribution in [3.8, 4) is 0 Å². The molecule has 1 N–H and O–H groups in total. The van der Waals surface area contributed by atoms with Gasteiger partial charge in [-0.15, -0.1) is 0 Å². The Bertz CT molecular complexity index is 517. The molecular formula is C13H17N3O3. The second-order valence-corrected chi connectivity index (χ2v) is 5.40. The fraction of sp³-hybridized carbons (Fsp3) is 0.615. The Kier molecular flexibility index (Phi) is 2.80. The monoisotopic (exact) mass is 263 g/mol. The van der Waals surface area contributed by atoms with Gasteiger partial charge < -0.3 is 9.84 Å². The molecule has 0 aromatic carbocycles. The second-order valence-electron chi connectivity index (χ2n) is 5.40. The summed E-state index contributed by atoms with van der Waals surface area (Å²) in [5.74, 6) is 0.417. The van der Waals surface area contributed by atoms with Crippen LogP contribution in [0.1, 0.15) is 43.6 Å². The Balaban J connectivity index is 1.79. The number of carbonyl (C=O) groups excluding carboxylic acids is 2. The quantitative estimate of drug-likeness (QED) is 0.825. The van der Waals surface area contributed by atoms with Gasteiger partial charge in [0.25, 0.3) is 5.91 Å². The average molecular weight is 263 g/mol. The van der Waals surface area contributed by atoms with E-state index in [4.69, 9.17) is 4.52 Å². The molecule has 1 aromatic rings. The minimum Gasteiger partial charge on any atom is -0.359 e. The number of nitrogens with one attached hydrogen (secondary N) is 1. The molecule has 6 heteroatoms. The first-order valence-corrected chi connectivity index (χ1v) is 6.67. The minimum absolute atomic E-state index is 0.119. The zero-order valence-corrected chi connectivity index (χ0v) is 10.9. The van der Waals surface area contributed by atoms with E-state index in [0.717, 1.165) is 37.8 Å². The lowest BCUT2D eigenvalue weighted by Gasteiger charge is -2.30. The van der Waals surface area contributed by atoms with Crippen molar-refractivity contribution in [2.45, 2.75) is 51.1 Å². The number of rotatable bonds is 2. The number of aryl methyl sites for hydroxylation is 1. The molecule has 2 fully saturated rings. The van der Waals surface area contributed by atoms with Crippen LogP contribution in [-0.4, -0.2) is 27.5 Å². The van der Waals surface area contributed by atoms with E-state index in [1.165, 1.54) is 4.90 Å². The van der Waals surface area contributed by atoms with Crippen molar-refractivity contribution < 1.29 is 14.1 Å². The molecule has 1 aliphatic carbocycles. The van der Waals surface area contributed by atoms with E-state index >= 15 is 0 Å². The number of hydrogen-bond donors (Lipinski definition) is 1. The minimum atomic E-state index is -0.662. The summed E-state index contributed by atoms with van der Waals surface area (Å²) in [5, 5.41) is 6.64. The van der Waals surface area contributed by atoms with Crippen LogP contribution in [0.3, 0.4) is 0 Å². The summed E-state index contributed by atoms with van der Waals surface area (Å²) in [7, 11) is 0. The first-order chi connectivity index (χ1) is 9.11. The lowest BCUT2D eigenvalue weighted by atomic mass is 9.82. The molecule has 2 heterocycles. The predicted octanol–water partition coefficient (Wildman–Crippen LogP) is 1.74. The largest absolute Gasteiger partial charge is 0.359 e. The number of aromatic nitrogens is 1.